The molecule has 162 valence electrons. The molecule has 2 aromatic carbocycles. The smallest absolute Gasteiger partial charge is 0.242 e. The van der Waals surface area contributed by atoms with Crippen LogP contribution in [0.3, 0.4) is 0 Å². The van der Waals surface area contributed by atoms with Crippen LogP contribution in [-0.4, -0.2) is 41.7 Å². The largest absolute Gasteiger partial charge is 0.497 e. The summed E-state index contributed by atoms with van der Waals surface area (Å²) in [5, 5.41) is 2.91. The molecule has 0 radical (unpaired) electrons. The normalized spacial score (nSPS) is 11.8. The Balaban J connectivity index is 2.06. The fraction of sp³-hybridized carbons (Fsp3) is 0.391. The topological polar surface area (TPSA) is 58.6 Å². The summed E-state index contributed by atoms with van der Waals surface area (Å²) in [6.07, 6.45) is 0. The quantitative estimate of drug-likeness (QED) is 0.524. The second kappa shape index (κ2) is 12.0. The summed E-state index contributed by atoms with van der Waals surface area (Å²) in [5.41, 5.74) is 2.11. The van der Waals surface area contributed by atoms with Gasteiger partial charge in [0, 0.05) is 22.8 Å². The van der Waals surface area contributed by atoms with Gasteiger partial charge in [0.25, 0.3) is 0 Å². The first-order chi connectivity index (χ1) is 14.3. The maximum atomic E-state index is 13.0. The van der Waals surface area contributed by atoms with E-state index in [0.717, 1.165) is 27.1 Å². The standard InChI is InChI=1S/C23H29BrN2O3S/c1-16(2)25-23(28)17(3)26(13-18-7-11-21(29-4)12-8-18)22(27)15-30-14-19-5-9-20(24)10-6-19/h5-12,16-17H,13-15H2,1-4H3,(H,25,28). The number of thioether (sulfide) groups is 1. The van der Waals surface area contributed by atoms with E-state index >= 15 is 0 Å². The van der Waals surface area contributed by atoms with Crippen LogP contribution in [0.1, 0.15) is 31.9 Å². The van der Waals surface area contributed by atoms with Gasteiger partial charge < -0.3 is 15.0 Å². The molecule has 2 aromatic rings. The molecule has 0 heterocycles. The molecule has 7 heteroatoms. The summed E-state index contributed by atoms with van der Waals surface area (Å²) in [6.45, 7) is 5.97. The summed E-state index contributed by atoms with van der Waals surface area (Å²) in [4.78, 5) is 27.3. The molecule has 0 aliphatic carbocycles. The Morgan fingerprint density at radius 2 is 1.63 bits per heavy atom. The van der Waals surface area contributed by atoms with Gasteiger partial charge in [-0.3, -0.25) is 9.59 Å². The zero-order chi connectivity index (χ0) is 22.1. The molecule has 2 rings (SSSR count). The average Bonchev–Trinajstić information content (AvgIpc) is 2.72. The van der Waals surface area contributed by atoms with Crippen molar-refractivity contribution in [3.63, 3.8) is 0 Å². The van der Waals surface area contributed by atoms with Crippen LogP contribution in [0.25, 0.3) is 0 Å². The molecule has 5 nitrogen and oxygen atoms in total. The number of hydrogen-bond acceptors (Lipinski definition) is 4. The Bertz CT molecular complexity index is 825. The van der Waals surface area contributed by atoms with Crippen LogP contribution in [0, 0.1) is 0 Å². The van der Waals surface area contributed by atoms with E-state index in [4.69, 9.17) is 4.74 Å². The molecule has 0 saturated heterocycles. The zero-order valence-electron chi connectivity index (χ0n) is 17.9. The highest BCUT2D eigenvalue weighted by molar-refractivity contribution is 9.10. The van der Waals surface area contributed by atoms with Crippen LogP contribution in [0.4, 0.5) is 0 Å². The van der Waals surface area contributed by atoms with Crippen molar-refractivity contribution in [2.24, 2.45) is 0 Å². The summed E-state index contributed by atoms with van der Waals surface area (Å²) in [6, 6.07) is 15.1. The molecular formula is C23H29BrN2O3S. The second-order valence-corrected chi connectivity index (χ2v) is 9.23. The number of benzene rings is 2. The number of amides is 2. The zero-order valence-corrected chi connectivity index (χ0v) is 20.3. The van der Waals surface area contributed by atoms with Crippen LogP contribution in [0.2, 0.25) is 0 Å². The third-order valence-electron chi connectivity index (χ3n) is 4.52. The van der Waals surface area contributed by atoms with Crippen molar-refractivity contribution >= 4 is 39.5 Å². The minimum Gasteiger partial charge on any atom is -0.497 e. The minimum atomic E-state index is -0.560. The first-order valence-electron chi connectivity index (χ1n) is 9.85. The van der Waals surface area contributed by atoms with Crippen molar-refractivity contribution in [2.45, 2.75) is 45.2 Å². The van der Waals surface area contributed by atoms with Gasteiger partial charge in [-0.1, -0.05) is 40.2 Å². The molecule has 0 spiro atoms. The number of nitrogens with one attached hydrogen (secondary N) is 1. The van der Waals surface area contributed by atoms with Crippen molar-refractivity contribution in [1.29, 1.82) is 0 Å². The van der Waals surface area contributed by atoms with E-state index < -0.39 is 6.04 Å². The number of hydrogen-bond donors (Lipinski definition) is 1. The molecule has 0 aromatic heterocycles. The van der Waals surface area contributed by atoms with E-state index in [0.29, 0.717) is 12.3 Å². The summed E-state index contributed by atoms with van der Waals surface area (Å²) >= 11 is 4.98. The Kier molecular flexibility index (Phi) is 9.72. The van der Waals surface area contributed by atoms with Gasteiger partial charge in [0.1, 0.15) is 11.8 Å². The van der Waals surface area contributed by atoms with E-state index in [-0.39, 0.29) is 17.9 Å². The first kappa shape index (κ1) is 24.3. The van der Waals surface area contributed by atoms with Crippen LogP contribution in [0.15, 0.2) is 53.0 Å². The first-order valence-corrected chi connectivity index (χ1v) is 11.8. The van der Waals surface area contributed by atoms with Crippen molar-refractivity contribution < 1.29 is 14.3 Å². The molecule has 0 fully saturated rings. The number of carbonyl (C=O) groups is 2. The van der Waals surface area contributed by atoms with Crippen molar-refractivity contribution in [3.8, 4) is 5.75 Å². The number of methoxy groups -OCH3 is 1. The second-order valence-electron chi connectivity index (χ2n) is 7.33. The Morgan fingerprint density at radius 3 is 2.20 bits per heavy atom. The number of carbonyl (C=O) groups excluding carboxylic acids is 2. The molecular weight excluding hydrogens is 464 g/mol. The number of ether oxygens (including phenoxy) is 1. The molecule has 30 heavy (non-hydrogen) atoms. The SMILES string of the molecule is COc1ccc(CN(C(=O)CSCc2ccc(Br)cc2)C(C)C(=O)NC(C)C)cc1. The highest BCUT2D eigenvalue weighted by atomic mass is 79.9. The predicted octanol–water partition coefficient (Wildman–Crippen LogP) is 4.63. The third-order valence-corrected chi connectivity index (χ3v) is 6.03. The molecule has 1 N–H and O–H groups in total. The third kappa shape index (κ3) is 7.69. The molecule has 1 atom stereocenters. The predicted molar refractivity (Wildman–Crippen MR) is 127 cm³/mol. The van der Waals surface area contributed by atoms with Crippen LogP contribution < -0.4 is 10.1 Å². The summed E-state index contributed by atoms with van der Waals surface area (Å²) in [5.74, 6) is 1.60. The number of nitrogens with zero attached hydrogens (tertiary/aromatic N) is 1. The minimum absolute atomic E-state index is 0.0182. The van der Waals surface area contributed by atoms with Gasteiger partial charge in [-0.05, 0) is 56.2 Å². The average molecular weight is 493 g/mol. The molecule has 1 unspecified atom stereocenters. The van der Waals surface area contributed by atoms with Gasteiger partial charge in [-0.15, -0.1) is 11.8 Å². The van der Waals surface area contributed by atoms with Crippen LogP contribution in [-0.2, 0) is 21.9 Å². The van der Waals surface area contributed by atoms with Crippen LogP contribution in [0.5, 0.6) is 5.75 Å². The van der Waals surface area contributed by atoms with E-state index in [2.05, 4.69) is 21.2 Å². The van der Waals surface area contributed by atoms with Gasteiger partial charge in [0.15, 0.2) is 0 Å². The molecule has 0 aliphatic heterocycles. The Labute approximate surface area is 191 Å². The van der Waals surface area contributed by atoms with E-state index in [1.807, 2.05) is 62.4 Å². The highest BCUT2D eigenvalue weighted by Gasteiger charge is 2.26. The van der Waals surface area contributed by atoms with E-state index in [1.54, 1.807) is 30.7 Å². The monoisotopic (exact) mass is 492 g/mol. The molecule has 0 saturated carbocycles. The molecule has 0 aliphatic rings. The number of rotatable bonds is 10. The van der Waals surface area contributed by atoms with Gasteiger partial charge in [-0.2, -0.15) is 0 Å². The van der Waals surface area contributed by atoms with Crippen molar-refractivity contribution in [1.82, 2.24) is 10.2 Å². The highest BCUT2D eigenvalue weighted by Crippen LogP contribution is 2.19. The Morgan fingerprint density at radius 1 is 1.03 bits per heavy atom. The lowest BCUT2D eigenvalue weighted by Gasteiger charge is -2.29. The van der Waals surface area contributed by atoms with Crippen molar-refractivity contribution in [3.05, 3.63) is 64.1 Å². The van der Waals surface area contributed by atoms with Crippen molar-refractivity contribution in [2.75, 3.05) is 12.9 Å². The fourth-order valence-corrected chi connectivity index (χ4v) is 3.97. The van der Waals surface area contributed by atoms with E-state index in [1.165, 1.54) is 0 Å². The van der Waals surface area contributed by atoms with Gasteiger partial charge in [-0.25, -0.2) is 0 Å². The summed E-state index contributed by atoms with van der Waals surface area (Å²) < 4.78 is 6.23. The maximum Gasteiger partial charge on any atom is 0.242 e. The Hall–Kier alpha value is -1.99. The lowest BCUT2D eigenvalue weighted by molar-refractivity contribution is -0.138. The molecule has 2 amide bonds. The number of halogens is 1. The van der Waals surface area contributed by atoms with Gasteiger partial charge in [0.05, 0.1) is 12.9 Å². The lowest BCUT2D eigenvalue weighted by Crippen LogP contribution is -2.49. The van der Waals surface area contributed by atoms with Gasteiger partial charge >= 0.3 is 0 Å². The molecule has 0 bridgehead atoms. The fourth-order valence-electron chi connectivity index (χ4n) is 2.84. The van der Waals surface area contributed by atoms with Crippen LogP contribution >= 0.6 is 27.7 Å². The van der Waals surface area contributed by atoms with E-state index in [9.17, 15) is 9.59 Å². The van der Waals surface area contributed by atoms with Gasteiger partial charge in [0.2, 0.25) is 11.8 Å². The lowest BCUT2D eigenvalue weighted by atomic mass is 10.1. The maximum absolute atomic E-state index is 13.0. The summed E-state index contributed by atoms with van der Waals surface area (Å²) in [7, 11) is 1.62.